The Kier molecular flexibility index (Phi) is 5.32. The molecule has 0 aliphatic heterocycles. The Morgan fingerprint density at radius 2 is 1.62 bits per heavy atom. The van der Waals surface area contributed by atoms with Crippen molar-refractivity contribution in [2.24, 2.45) is 0 Å². The normalized spacial score (nSPS) is 11.8. The molecule has 0 aliphatic rings. The lowest BCUT2D eigenvalue weighted by Crippen LogP contribution is -2.25. The summed E-state index contributed by atoms with van der Waals surface area (Å²) in [4.78, 5) is 24.7. The number of methoxy groups -OCH3 is 1. The summed E-state index contributed by atoms with van der Waals surface area (Å²) in [7, 11) is 1.56. The van der Waals surface area contributed by atoms with E-state index in [0.717, 1.165) is 16.3 Å². The third kappa shape index (κ3) is 3.91. The molecule has 0 radical (unpaired) electrons. The zero-order chi connectivity index (χ0) is 18.5. The molecule has 3 aromatic rings. The van der Waals surface area contributed by atoms with Crippen molar-refractivity contribution in [2.45, 2.75) is 19.4 Å². The predicted octanol–water partition coefficient (Wildman–Crippen LogP) is 4.21. The summed E-state index contributed by atoms with van der Waals surface area (Å²) in [6.45, 7) is 1.59. The monoisotopic (exact) mass is 348 g/mol. The molecule has 26 heavy (non-hydrogen) atoms. The number of hydrogen-bond acceptors (Lipinski definition) is 4. The van der Waals surface area contributed by atoms with E-state index in [2.05, 4.69) is 0 Å². The number of carbonyl (C=O) groups excluding carboxylic acids is 2. The van der Waals surface area contributed by atoms with Gasteiger partial charge in [-0.2, -0.15) is 0 Å². The highest BCUT2D eigenvalue weighted by Gasteiger charge is 2.20. The standard InChI is InChI=1S/C22H20O4/c1-15(22(24)17-10-12-19(25-2)13-11-17)26-21(23)14-18-8-5-7-16-6-3-4-9-20(16)18/h3-13,15H,14H2,1-2H3/t15-/m1/s1. The number of esters is 1. The van der Waals surface area contributed by atoms with Crippen molar-refractivity contribution in [2.75, 3.05) is 7.11 Å². The van der Waals surface area contributed by atoms with E-state index >= 15 is 0 Å². The molecule has 0 amide bonds. The molecule has 0 saturated heterocycles. The molecule has 0 fully saturated rings. The molecule has 0 N–H and O–H groups in total. The van der Waals surface area contributed by atoms with Gasteiger partial charge in [0.25, 0.3) is 0 Å². The van der Waals surface area contributed by atoms with Gasteiger partial charge >= 0.3 is 5.97 Å². The van der Waals surface area contributed by atoms with E-state index in [1.165, 1.54) is 0 Å². The number of fused-ring (bicyclic) bond motifs is 1. The molecule has 0 spiro atoms. The fourth-order valence-electron chi connectivity index (χ4n) is 2.88. The van der Waals surface area contributed by atoms with Crippen LogP contribution >= 0.6 is 0 Å². The number of hydrogen-bond donors (Lipinski definition) is 0. The molecule has 0 unspecified atom stereocenters. The molecule has 0 saturated carbocycles. The molecule has 0 bridgehead atoms. The lowest BCUT2D eigenvalue weighted by atomic mass is 10.0. The maximum absolute atomic E-state index is 12.4. The van der Waals surface area contributed by atoms with Gasteiger partial charge in [-0.1, -0.05) is 42.5 Å². The first-order valence-electron chi connectivity index (χ1n) is 8.43. The maximum Gasteiger partial charge on any atom is 0.310 e. The van der Waals surface area contributed by atoms with E-state index < -0.39 is 12.1 Å². The fraction of sp³-hybridized carbons (Fsp3) is 0.182. The highest BCUT2D eigenvalue weighted by Crippen LogP contribution is 2.20. The van der Waals surface area contributed by atoms with Crippen LogP contribution in [0.15, 0.2) is 66.7 Å². The van der Waals surface area contributed by atoms with Gasteiger partial charge in [0.15, 0.2) is 6.10 Å². The molecule has 0 heterocycles. The van der Waals surface area contributed by atoms with E-state index in [1.807, 2.05) is 42.5 Å². The van der Waals surface area contributed by atoms with Crippen LogP contribution in [0.1, 0.15) is 22.8 Å². The second-order valence-electron chi connectivity index (χ2n) is 6.04. The van der Waals surface area contributed by atoms with Crippen molar-refractivity contribution >= 4 is 22.5 Å². The van der Waals surface area contributed by atoms with E-state index in [4.69, 9.17) is 9.47 Å². The van der Waals surface area contributed by atoms with E-state index in [0.29, 0.717) is 11.3 Å². The highest BCUT2D eigenvalue weighted by molar-refractivity contribution is 6.00. The number of ether oxygens (including phenoxy) is 2. The SMILES string of the molecule is COc1ccc(C(=O)[C@@H](C)OC(=O)Cc2cccc3ccccc23)cc1. The van der Waals surface area contributed by atoms with Crippen LogP contribution in [0.3, 0.4) is 0 Å². The van der Waals surface area contributed by atoms with Gasteiger partial charge in [-0.25, -0.2) is 0 Å². The molecule has 0 aliphatic carbocycles. The van der Waals surface area contributed by atoms with Gasteiger partial charge in [-0.15, -0.1) is 0 Å². The second-order valence-corrected chi connectivity index (χ2v) is 6.04. The summed E-state index contributed by atoms with van der Waals surface area (Å²) in [5.74, 6) is 0.0109. The average Bonchev–Trinajstić information content (AvgIpc) is 2.67. The molecule has 1 atom stereocenters. The van der Waals surface area contributed by atoms with Crippen LogP contribution in [0.25, 0.3) is 10.8 Å². The summed E-state index contributed by atoms with van der Waals surface area (Å²) >= 11 is 0. The Balaban J connectivity index is 1.67. The van der Waals surface area contributed by atoms with Gasteiger partial charge in [-0.3, -0.25) is 9.59 Å². The topological polar surface area (TPSA) is 52.6 Å². The first-order chi connectivity index (χ1) is 12.6. The number of carbonyl (C=O) groups is 2. The van der Waals surface area contributed by atoms with Crippen molar-refractivity contribution < 1.29 is 19.1 Å². The molecule has 3 aromatic carbocycles. The molecular weight excluding hydrogens is 328 g/mol. The van der Waals surface area contributed by atoms with Crippen LogP contribution < -0.4 is 4.74 Å². The number of ketones is 1. The minimum atomic E-state index is -0.842. The minimum Gasteiger partial charge on any atom is -0.497 e. The summed E-state index contributed by atoms with van der Waals surface area (Å²) in [5.41, 5.74) is 1.37. The Morgan fingerprint density at radius 1 is 0.923 bits per heavy atom. The summed E-state index contributed by atoms with van der Waals surface area (Å²) < 4.78 is 10.4. The number of benzene rings is 3. The van der Waals surface area contributed by atoms with E-state index in [1.54, 1.807) is 38.3 Å². The molecular formula is C22H20O4. The van der Waals surface area contributed by atoms with Gasteiger partial charge in [0.1, 0.15) is 5.75 Å². The van der Waals surface area contributed by atoms with Crippen LogP contribution in [0.4, 0.5) is 0 Å². The smallest absolute Gasteiger partial charge is 0.310 e. The zero-order valence-corrected chi connectivity index (χ0v) is 14.8. The van der Waals surface area contributed by atoms with Crippen LogP contribution in [-0.2, 0) is 16.0 Å². The molecule has 4 heteroatoms. The van der Waals surface area contributed by atoms with Crippen molar-refractivity contribution in [1.82, 2.24) is 0 Å². The lowest BCUT2D eigenvalue weighted by molar-refractivity contribution is -0.145. The average molecular weight is 348 g/mol. The van der Waals surface area contributed by atoms with Gasteiger partial charge in [0.05, 0.1) is 13.5 Å². The quantitative estimate of drug-likeness (QED) is 0.495. The highest BCUT2D eigenvalue weighted by atomic mass is 16.5. The predicted molar refractivity (Wildman–Crippen MR) is 101 cm³/mol. The third-order valence-corrected chi connectivity index (χ3v) is 4.27. The van der Waals surface area contributed by atoms with Crippen LogP contribution in [0.5, 0.6) is 5.75 Å². The number of Topliss-reactive ketones (excluding diaryl/α,β-unsaturated/α-hetero) is 1. The van der Waals surface area contributed by atoms with E-state index in [-0.39, 0.29) is 12.2 Å². The third-order valence-electron chi connectivity index (χ3n) is 4.27. The summed E-state index contributed by atoms with van der Waals surface area (Å²) in [6, 6.07) is 20.4. The zero-order valence-electron chi connectivity index (χ0n) is 14.8. The first-order valence-corrected chi connectivity index (χ1v) is 8.43. The molecule has 4 nitrogen and oxygen atoms in total. The second kappa shape index (κ2) is 7.83. The lowest BCUT2D eigenvalue weighted by Gasteiger charge is -2.13. The van der Waals surface area contributed by atoms with Crippen molar-refractivity contribution in [3.8, 4) is 5.75 Å². The van der Waals surface area contributed by atoms with Gasteiger partial charge in [0, 0.05) is 5.56 Å². The Labute approximate surface area is 152 Å². The van der Waals surface area contributed by atoms with Gasteiger partial charge in [-0.05, 0) is 47.5 Å². The van der Waals surface area contributed by atoms with E-state index in [9.17, 15) is 9.59 Å². The number of rotatable bonds is 6. The van der Waals surface area contributed by atoms with Crippen LogP contribution in [0, 0.1) is 0 Å². The molecule has 0 aromatic heterocycles. The maximum atomic E-state index is 12.4. The Bertz CT molecular complexity index is 923. The van der Waals surface area contributed by atoms with Gasteiger partial charge in [0.2, 0.25) is 5.78 Å². The minimum absolute atomic E-state index is 0.127. The van der Waals surface area contributed by atoms with Crippen molar-refractivity contribution in [1.29, 1.82) is 0 Å². The Hall–Kier alpha value is -3.14. The first kappa shape index (κ1) is 17.7. The largest absolute Gasteiger partial charge is 0.497 e. The fourth-order valence-corrected chi connectivity index (χ4v) is 2.88. The van der Waals surface area contributed by atoms with Crippen LogP contribution in [-0.4, -0.2) is 25.0 Å². The summed E-state index contributed by atoms with van der Waals surface area (Å²) in [5, 5.41) is 2.08. The molecule has 3 rings (SSSR count). The molecule has 132 valence electrons. The summed E-state index contributed by atoms with van der Waals surface area (Å²) in [6.07, 6.45) is -0.715. The van der Waals surface area contributed by atoms with Crippen molar-refractivity contribution in [3.63, 3.8) is 0 Å². The Morgan fingerprint density at radius 3 is 2.35 bits per heavy atom. The van der Waals surface area contributed by atoms with Crippen LogP contribution in [0.2, 0.25) is 0 Å². The van der Waals surface area contributed by atoms with Gasteiger partial charge < -0.3 is 9.47 Å². The van der Waals surface area contributed by atoms with Crippen molar-refractivity contribution in [3.05, 3.63) is 77.9 Å².